The van der Waals surface area contributed by atoms with E-state index in [1.807, 2.05) is 35.7 Å². The van der Waals surface area contributed by atoms with Crippen molar-refractivity contribution in [3.05, 3.63) is 59.5 Å². The van der Waals surface area contributed by atoms with E-state index in [9.17, 15) is 4.79 Å². The number of hydrogen-bond acceptors (Lipinski definition) is 5. The molecule has 0 aliphatic carbocycles. The normalized spacial score (nSPS) is 10.5. The first-order chi connectivity index (χ1) is 11.8. The fourth-order valence-electron chi connectivity index (χ4n) is 2.30. The number of hydrogen-bond donors (Lipinski definition) is 1. The Bertz CT molecular complexity index is 796. The SMILES string of the molecule is COc1ccccc1-c1nc(CCC(=O)NCc2ccco2)cs1. The van der Waals surface area contributed by atoms with Crippen LogP contribution in [-0.4, -0.2) is 18.0 Å². The maximum atomic E-state index is 11.9. The number of amides is 1. The summed E-state index contributed by atoms with van der Waals surface area (Å²) in [6.07, 6.45) is 2.60. The molecule has 1 aromatic carbocycles. The molecule has 2 heterocycles. The summed E-state index contributed by atoms with van der Waals surface area (Å²) in [6, 6.07) is 11.4. The van der Waals surface area contributed by atoms with Crippen LogP contribution in [0.5, 0.6) is 5.75 Å². The zero-order chi connectivity index (χ0) is 16.8. The highest BCUT2D eigenvalue weighted by Crippen LogP contribution is 2.32. The molecule has 1 N–H and O–H groups in total. The molecule has 0 aliphatic rings. The van der Waals surface area contributed by atoms with Gasteiger partial charge in [0.05, 0.1) is 31.2 Å². The Morgan fingerprint density at radius 1 is 1.29 bits per heavy atom. The number of carbonyl (C=O) groups is 1. The fraction of sp³-hybridized carbons (Fsp3) is 0.222. The summed E-state index contributed by atoms with van der Waals surface area (Å²) in [5.41, 5.74) is 1.88. The number of para-hydroxylation sites is 1. The first-order valence-electron chi connectivity index (χ1n) is 7.63. The predicted octanol–water partition coefficient (Wildman–Crippen LogP) is 3.66. The van der Waals surface area contributed by atoms with Gasteiger partial charge in [-0.1, -0.05) is 12.1 Å². The number of aryl methyl sites for hydroxylation is 1. The number of methoxy groups -OCH3 is 1. The van der Waals surface area contributed by atoms with Crippen molar-refractivity contribution in [3.8, 4) is 16.3 Å². The van der Waals surface area contributed by atoms with Gasteiger partial charge >= 0.3 is 0 Å². The van der Waals surface area contributed by atoms with Gasteiger partial charge in [-0.3, -0.25) is 4.79 Å². The van der Waals surface area contributed by atoms with Crippen LogP contribution in [0.1, 0.15) is 17.9 Å². The summed E-state index contributed by atoms with van der Waals surface area (Å²) in [7, 11) is 1.65. The Kier molecular flexibility index (Phi) is 5.28. The number of aromatic nitrogens is 1. The van der Waals surface area contributed by atoms with Crippen molar-refractivity contribution >= 4 is 17.2 Å². The highest BCUT2D eigenvalue weighted by molar-refractivity contribution is 7.13. The Balaban J connectivity index is 1.55. The molecule has 0 radical (unpaired) electrons. The van der Waals surface area contributed by atoms with Crippen molar-refractivity contribution < 1.29 is 13.9 Å². The maximum Gasteiger partial charge on any atom is 0.220 e. The van der Waals surface area contributed by atoms with E-state index in [4.69, 9.17) is 9.15 Å². The number of nitrogens with one attached hydrogen (secondary N) is 1. The smallest absolute Gasteiger partial charge is 0.220 e. The molecule has 0 fully saturated rings. The second kappa shape index (κ2) is 7.79. The molecule has 5 nitrogen and oxygen atoms in total. The molecule has 2 aromatic heterocycles. The highest BCUT2D eigenvalue weighted by atomic mass is 32.1. The maximum absolute atomic E-state index is 11.9. The summed E-state index contributed by atoms with van der Waals surface area (Å²) in [6.45, 7) is 0.412. The van der Waals surface area contributed by atoms with Gasteiger partial charge in [0, 0.05) is 11.8 Å². The highest BCUT2D eigenvalue weighted by Gasteiger charge is 2.11. The Labute approximate surface area is 144 Å². The number of thiazole rings is 1. The molecule has 0 saturated heterocycles. The molecular formula is C18H18N2O3S. The minimum Gasteiger partial charge on any atom is -0.496 e. The third kappa shape index (κ3) is 4.02. The predicted molar refractivity (Wildman–Crippen MR) is 93.0 cm³/mol. The van der Waals surface area contributed by atoms with Gasteiger partial charge in [0.25, 0.3) is 0 Å². The van der Waals surface area contributed by atoms with E-state index in [1.54, 1.807) is 30.8 Å². The molecule has 6 heteroatoms. The Morgan fingerprint density at radius 3 is 2.96 bits per heavy atom. The number of nitrogens with zero attached hydrogens (tertiary/aromatic N) is 1. The van der Waals surface area contributed by atoms with E-state index in [0.29, 0.717) is 19.4 Å². The van der Waals surface area contributed by atoms with Crippen LogP contribution in [-0.2, 0) is 17.8 Å². The van der Waals surface area contributed by atoms with Gasteiger partial charge in [0.2, 0.25) is 5.91 Å². The molecule has 1 amide bonds. The molecule has 3 aromatic rings. The topological polar surface area (TPSA) is 64.4 Å². The lowest BCUT2D eigenvalue weighted by molar-refractivity contribution is -0.121. The van der Waals surface area contributed by atoms with E-state index in [2.05, 4.69) is 10.3 Å². The number of carbonyl (C=O) groups excluding carboxylic acids is 1. The quantitative estimate of drug-likeness (QED) is 0.712. The number of benzene rings is 1. The van der Waals surface area contributed by atoms with Gasteiger partial charge in [-0.2, -0.15) is 0 Å². The molecule has 0 aliphatic heterocycles. The van der Waals surface area contributed by atoms with Crippen molar-refractivity contribution in [2.45, 2.75) is 19.4 Å². The zero-order valence-electron chi connectivity index (χ0n) is 13.3. The monoisotopic (exact) mass is 342 g/mol. The minimum absolute atomic E-state index is 0.0155. The zero-order valence-corrected chi connectivity index (χ0v) is 14.1. The molecule has 0 bridgehead atoms. The van der Waals surface area contributed by atoms with Gasteiger partial charge in [-0.05, 0) is 30.7 Å². The second-order valence-corrected chi connectivity index (χ2v) is 6.06. The van der Waals surface area contributed by atoms with Crippen molar-refractivity contribution in [1.82, 2.24) is 10.3 Å². The van der Waals surface area contributed by atoms with E-state index in [0.717, 1.165) is 27.8 Å². The number of furan rings is 1. The first kappa shape index (κ1) is 16.3. The summed E-state index contributed by atoms with van der Waals surface area (Å²) in [5, 5.41) is 5.72. The van der Waals surface area contributed by atoms with Gasteiger partial charge in [-0.25, -0.2) is 4.98 Å². The molecular weight excluding hydrogens is 324 g/mol. The fourth-order valence-corrected chi connectivity index (χ4v) is 3.18. The summed E-state index contributed by atoms with van der Waals surface area (Å²) in [5.74, 6) is 1.53. The average molecular weight is 342 g/mol. The van der Waals surface area contributed by atoms with Crippen LogP contribution in [0.25, 0.3) is 10.6 Å². The first-order valence-corrected chi connectivity index (χ1v) is 8.51. The number of ether oxygens (including phenoxy) is 1. The van der Waals surface area contributed by atoms with Crippen LogP contribution in [0.15, 0.2) is 52.5 Å². The van der Waals surface area contributed by atoms with E-state index in [-0.39, 0.29) is 5.91 Å². The third-order valence-electron chi connectivity index (χ3n) is 3.54. The average Bonchev–Trinajstić information content (AvgIpc) is 3.29. The van der Waals surface area contributed by atoms with Crippen LogP contribution in [0.4, 0.5) is 0 Å². The van der Waals surface area contributed by atoms with Crippen LogP contribution in [0, 0.1) is 0 Å². The lowest BCUT2D eigenvalue weighted by Crippen LogP contribution is -2.22. The van der Waals surface area contributed by atoms with Crippen LogP contribution < -0.4 is 10.1 Å². The molecule has 24 heavy (non-hydrogen) atoms. The Hall–Kier alpha value is -2.60. The van der Waals surface area contributed by atoms with E-state index < -0.39 is 0 Å². The lowest BCUT2D eigenvalue weighted by Gasteiger charge is -2.04. The molecule has 0 saturated carbocycles. The largest absolute Gasteiger partial charge is 0.496 e. The third-order valence-corrected chi connectivity index (χ3v) is 4.46. The molecule has 124 valence electrons. The van der Waals surface area contributed by atoms with Crippen molar-refractivity contribution in [3.63, 3.8) is 0 Å². The Morgan fingerprint density at radius 2 is 2.17 bits per heavy atom. The standard InChI is InChI=1S/C18H18N2O3S/c1-22-16-7-3-2-6-15(16)18-20-13(12-24-18)8-9-17(21)19-11-14-5-4-10-23-14/h2-7,10,12H,8-9,11H2,1H3,(H,19,21). The molecule has 0 unspecified atom stereocenters. The molecule has 3 rings (SSSR count). The number of rotatable bonds is 7. The summed E-state index contributed by atoms with van der Waals surface area (Å²) >= 11 is 1.56. The van der Waals surface area contributed by atoms with Crippen LogP contribution >= 0.6 is 11.3 Å². The van der Waals surface area contributed by atoms with Crippen molar-refractivity contribution in [1.29, 1.82) is 0 Å². The minimum atomic E-state index is -0.0155. The summed E-state index contributed by atoms with van der Waals surface area (Å²) in [4.78, 5) is 16.5. The molecule has 0 atom stereocenters. The van der Waals surface area contributed by atoms with Gasteiger partial charge in [0.15, 0.2) is 0 Å². The van der Waals surface area contributed by atoms with E-state index >= 15 is 0 Å². The molecule has 0 spiro atoms. The summed E-state index contributed by atoms with van der Waals surface area (Å²) < 4.78 is 10.6. The van der Waals surface area contributed by atoms with Gasteiger partial charge in [0.1, 0.15) is 16.5 Å². The van der Waals surface area contributed by atoms with Crippen molar-refractivity contribution in [2.24, 2.45) is 0 Å². The lowest BCUT2D eigenvalue weighted by atomic mass is 10.2. The van der Waals surface area contributed by atoms with Gasteiger partial charge in [-0.15, -0.1) is 11.3 Å². The van der Waals surface area contributed by atoms with Gasteiger partial charge < -0.3 is 14.5 Å². The van der Waals surface area contributed by atoms with Crippen molar-refractivity contribution in [2.75, 3.05) is 7.11 Å². The second-order valence-electron chi connectivity index (χ2n) is 5.20. The van der Waals surface area contributed by atoms with Crippen LogP contribution in [0.2, 0.25) is 0 Å². The van der Waals surface area contributed by atoms with Crippen LogP contribution in [0.3, 0.4) is 0 Å². The van der Waals surface area contributed by atoms with E-state index in [1.165, 1.54) is 0 Å².